The molecular weight excluding hydrogens is 362 g/mol. The second kappa shape index (κ2) is 7.76. The predicted octanol–water partition coefficient (Wildman–Crippen LogP) is 4.71. The Morgan fingerprint density at radius 3 is 2.44 bits per heavy atom. The van der Waals surface area contributed by atoms with Crippen molar-refractivity contribution in [3.8, 4) is 0 Å². The summed E-state index contributed by atoms with van der Waals surface area (Å²) < 4.78 is -0.468. The second-order valence-electron chi connectivity index (χ2n) is 7.83. The van der Waals surface area contributed by atoms with Gasteiger partial charge in [-0.25, -0.2) is 4.79 Å². The molecule has 6 heteroatoms. The summed E-state index contributed by atoms with van der Waals surface area (Å²) >= 11 is 1.23. The van der Waals surface area contributed by atoms with Crippen LogP contribution in [0.1, 0.15) is 62.7 Å². The molecule has 1 aliphatic heterocycles. The van der Waals surface area contributed by atoms with Crippen LogP contribution in [0.25, 0.3) is 0 Å². The van der Waals surface area contributed by atoms with E-state index in [9.17, 15) is 19.5 Å². The Morgan fingerprint density at radius 1 is 1.19 bits per heavy atom. The SMILES string of the molecule is CCC1(C(=O)[N+]2(C(=O)O)CCC[C@H]2C)CCCC1SC(=O)c1ccccc1. The standard InChI is InChI=1S/C21H27NO4S/c1-3-21(19(24)22(20(25)26)14-8-9-15(22)2)13-7-12-17(21)27-18(23)16-10-5-4-6-11-16/h4-6,10-11,15,17H,3,7-9,12-14H2,1-2H3/p+1/t15-,17?,21?,22?/m1/s1. The van der Waals surface area contributed by atoms with Crippen LogP contribution >= 0.6 is 11.8 Å². The number of imide groups is 1. The third kappa shape index (κ3) is 3.23. The first-order valence-electron chi connectivity index (χ1n) is 9.80. The van der Waals surface area contributed by atoms with Crippen molar-refractivity contribution in [1.29, 1.82) is 0 Å². The molecular formula is C21H28NO4S+. The fourth-order valence-electron chi connectivity index (χ4n) is 4.93. The first kappa shape index (κ1) is 20.1. The predicted molar refractivity (Wildman–Crippen MR) is 106 cm³/mol. The Morgan fingerprint density at radius 2 is 1.89 bits per heavy atom. The van der Waals surface area contributed by atoms with E-state index in [0.717, 1.165) is 25.7 Å². The lowest BCUT2D eigenvalue weighted by molar-refractivity contribution is -0.795. The van der Waals surface area contributed by atoms with Crippen molar-refractivity contribution in [2.24, 2.45) is 5.41 Å². The number of nitrogens with zero attached hydrogens (tertiary/aromatic N) is 1. The molecule has 1 heterocycles. The van der Waals surface area contributed by atoms with Crippen molar-refractivity contribution in [3.63, 3.8) is 0 Å². The van der Waals surface area contributed by atoms with Gasteiger partial charge in [-0.3, -0.25) is 4.79 Å². The Kier molecular flexibility index (Phi) is 5.77. The number of likely N-dealkylation sites (tertiary alicyclic amines) is 1. The van der Waals surface area contributed by atoms with Gasteiger partial charge in [-0.2, -0.15) is 9.28 Å². The average molecular weight is 391 g/mol. The van der Waals surface area contributed by atoms with E-state index in [-0.39, 0.29) is 22.3 Å². The first-order chi connectivity index (χ1) is 12.9. The molecule has 146 valence electrons. The van der Waals surface area contributed by atoms with E-state index in [0.29, 0.717) is 24.9 Å². The van der Waals surface area contributed by atoms with Crippen LogP contribution in [0.2, 0.25) is 0 Å². The van der Waals surface area contributed by atoms with E-state index in [1.807, 2.05) is 32.0 Å². The lowest BCUT2D eigenvalue weighted by Gasteiger charge is -2.39. The molecule has 1 saturated heterocycles. The minimum atomic E-state index is -1.04. The Balaban J connectivity index is 1.91. The lowest BCUT2D eigenvalue weighted by Crippen LogP contribution is -2.64. The quantitative estimate of drug-likeness (QED) is 0.754. The third-order valence-corrected chi connectivity index (χ3v) is 8.03. The molecule has 0 aromatic heterocycles. The van der Waals surface area contributed by atoms with Gasteiger partial charge < -0.3 is 5.11 Å². The summed E-state index contributed by atoms with van der Waals surface area (Å²) in [6.45, 7) is 4.19. The van der Waals surface area contributed by atoms with Crippen molar-refractivity contribution in [2.45, 2.75) is 63.7 Å². The smallest absolute Gasteiger partial charge is 0.435 e. The number of amides is 2. The number of carbonyl (C=O) groups excluding carboxylic acids is 2. The van der Waals surface area contributed by atoms with Gasteiger partial charge in [0.25, 0.3) is 0 Å². The maximum absolute atomic E-state index is 13.8. The summed E-state index contributed by atoms with van der Waals surface area (Å²) in [7, 11) is 0. The Hall–Kier alpha value is -1.66. The van der Waals surface area contributed by atoms with E-state index in [2.05, 4.69) is 0 Å². The highest BCUT2D eigenvalue weighted by Gasteiger charge is 2.63. The van der Waals surface area contributed by atoms with E-state index in [1.54, 1.807) is 12.1 Å². The van der Waals surface area contributed by atoms with Crippen molar-refractivity contribution in [2.75, 3.05) is 6.54 Å². The second-order valence-corrected chi connectivity index (χ2v) is 9.01. The van der Waals surface area contributed by atoms with Gasteiger partial charge >= 0.3 is 12.0 Å². The molecule has 0 spiro atoms. The van der Waals surface area contributed by atoms with E-state index < -0.39 is 16.0 Å². The van der Waals surface area contributed by atoms with Gasteiger partial charge in [0, 0.05) is 23.7 Å². The maximum Gasteiger partial charge on any atom is 0.521 e. The van der Waals surface area contributed by atoms with Crippen LogP contribution in [-0.2, 0) is 4.79 Å². The molecule has 1 aromatic rings. The molecule has 3 rings (SSSR count). The Labute approximate surface area is 164 Å². The minimum Gasteiger partial charge on any atom is -0.435 e. The molecule has 4 atom stereocenters. The topological polar surface area (TPSA) is 71.4 Å². The van der Waals surface area contributed by atoms with Gasteiger partial charge in [0.05, 0.1) is 12.0 Å². The van der Waals surface area contributed by atoms with Gasteiger partial charge in [-0.15, -0.1) is 0 Å². The van der Waals surface area contributed by atoms with Gasteiger partial charge in [0.15, 0.2) is 0 Å². The highest BCUT2D eigenvalue weighted by Crippen LogP contribution is 2.51. The zero-order valence-corrected chi connectivity index (χ0v) is 16.8. The zero-order valence-electron chi connectivity index (χ0n) is 16.0. The molecule has 27 heavy (non-hydrogen) atoms. The van der Waals surface area contributed by atoms with Crippen LogP contribution in [0.15, 0.2) is 30.3 Å². The molecule has 1 aliphatic carbocycles. The Bertz CT molecular complexity index is 737. The monoisotopic (exact) mass is 390 g/mol. The van der Waals surface area contributed by atoms with Gasteiger partial charge in [0.2, 0.25) is 5.12 Å². The minimum absolute atomic E-state index is 0.0375. The maximum atomic E-state index is 13.8. The summed E-state index contributed by atoms with van der Waals surface area (Å²) in [5.74, 6) is -0.182. The number of carboxylic acid groups (broad SMARTS) is 1. The number of benzene rings is 1. The average Bonchev–Trinajstić information content (AvgIpc) is 3.26. The fraction of sp³-hybridized carbons (Fsp3) is 0.571. The van der Waals surface area contributed by atoms with E-state index >= 15 is 0 Å². The highest BCUT2D eigenvalue weighted by atomic mass is 32.2. The van der Waals surface area contributed by atoms with Crippen LogP contribution in [0.5, 0.6) is 0 Å². The van der Waals surface area contributed by atoms with E-state index in [1.165, 1.54) is 11.8 Å². The van der Waals surface area contributed by atoms with E-state index in [4.69, 9.17) is 0 Å². The normalized spacial score (nSPS) is 33.1. The summed E-state index contributed by atoms with van der Waals surface area (Å²) in [5.41, 5.74) is -0.116. The lowest BCUT2D eigenvalue weighted by atomic mass is 9.80. The molecule has 0 bridgehead atoms. The molecule has 0 radical (unpaired) electrons. The number of quaternary nitrogens is 1. The van der Waals surface area contributed by atoms with Crippen LogP contribution in [0, 0.1) is 5.41 Å². The summed E-state index contributed by atoms with van der Waals surface area (Å²) in [4.78, 5) is 38.7. The van der Waals surface area contributed by atoms with Crippen LogP contribution in [-0.4, -0.2) is 44.5 Å². The molecule has 1 saturated carbocycles. The van der Waals surface area contributed by atoms with Crippen molar-refractivity contribution in [1.82, 2.24) is 0 Å². The molecule has 5 nitrogen and oxygen atoms in total. The number of hydrogen-bond donors (Lipinski definition) is 1. The van der Waals surface area contributed by atoms with Gasteiger partial charge in [-0.05, 0) is 26.2 Å². The molecule has 1 aromatic carbocycles. The molecule has 2 amide bonds. The van der Waals surface area contributed by atoms with Gasteiger partial charge in [-0.1, -0.05) is 55.4 Å². The summed E-state index contributed by atoms with van der Waals surface area (Å²) in [5, 5.41) is 9.80. The third-order valence-electron chi connectivity index (χ3n) is 6.61. The van der Waals surface area contributed by atoms with Crippen LogP contribution < -0.4 is 0 Å². The number of thioether (sulfide) groups is 1. The van der Waals surface area contributed by atoms with Crippen LogP contribution in [0.4, 0.5) is 4.79 Å². The summed E-state index contributed by atoms with van der Waals surface area (Å²) in [6, 6.07) is 8.89. The molecule has 3 unspecified atom stereocenters. The largest absolute Gasteiger partial charge is 0.521 e. The first-order valence-corrected chi connectivity index (χ1v) is 10.7. The highest BCUT2D eigenvalue weighted by molar-refractivity contribution is 8.14. The summed E-state index contributed by atoms with van der Waals surface area (Å²) in [6.07, 6.45) is 3.33. The van der Waals surface area contributed by atoms with Crippen molar-refractivity contribution < 1.29 is 24.0 Å². The zero-order chi connectivity index (χ0) is 19.7. The van der Waals surface area contributed by atoms with Gasteiger partial charge in [0.1, 0.15) is 6.04 Å². The fourth-order valence-corrected chi connectivity index (χ4v) is 6.36. The molecule has 1 N–H and O–H groups in total. The number of hydrogen-bond acceptors (Lipinski definition) is 4. The van der Waals surface area contributed by atoms with Crippen molar-refractivity contribution >= 4 is 28.9 Å². The number of carbonyl (C=O) groups is 3. The molecule has 2 fully saturated rings. The number of rotatable bonds is 4. The van der Waals surface area contributed by atoms with Crippen molar-refractivity contribution in [3.05, 3.63) is 35.9 Å². The van der Waals surface area contributed by atoms with Crippen LogP contribution in [0.3, 0.4) is 0 Å². The molecule has 2 aliphatic rings.